The molecule has 0 saturated heterocycles. The molecule has 0 radical (unpaired) electrons. The van der Waals surface area contributed by atoms with Gasteiger partial charge in [0.2, 0.25) is 0 Å². The van der Waals surface area contributed by atoms with E-state index in [0.717, 1.165) is 22.1 Å². The van der Waals surface area contributed by atoms with Crippen molar-refractivity contribution in [3.8, 4) is 0 Å². The zero-order valence-corrected chi connectivity index (χ0v) is 16.4. The molecule has 4 rings (SSSR count). The third kappa shape index (κ3) is 3.74. The molecule has 1 amide bonds. The number of carbonyl (C=O) groups excluding carboxylic acids is 2. The molecular weight excluding hydrogens is 414 g/mol. The van der Waals surface area contributed by atoms with Gasteiger partial charge in [0, 0.05) is 22.8 Å². The molecule has 6 nitrogen and oxygen atoms in total. The minimum Gasteiger partial charge on any atom is -0.480 e. The number of carbonyl (C=O) groups is 3. The number of halogens is 1. The number of furan rings is 1. The lowest BCUT2D eigenvalue weighted by Gasteiger charge is -2.13. The zero-order chi connectivity index (χ0) is 20.5. The molecular formula is C21H14ClNO5S. The Kier molecular flexibility index (Phi) is 5.08. The summed E-state index contributed by atoms with van der Waals surface area (Å²) in [4.78, 5) is 36.8. The van der Waals surface area contributed by atoms with Gasteiger partial charge in [0.1, 0.15) is 22.1 Å². The summed E-state index contributed by atoms with van der Waals surface area (Å²) < 4.78 is 5.74. The summed E-state index contributed by atoms with van der Waals surface area (Å²) in [5.41, 5.74) is 1.69. The first-order valence-corrected chi connectivity index (χ1v) is 9.91. The van der Waals surface area contributed by atoms with Gasteiger partial charge in [-0.2, -0.15) is 0 Å². The first-order valence-electron chi connectivity index (χ1n) is 8.65. The van der Waals surface area contributed by atoms with Gasteiger partial charge in [0.25, 0.3) is 5.91 Å². The number of nitrogens with one attached hydrogen (secondary N) is 1. The number of rotatable bonds is 6. The summed E-state index contributed by atoms with van der Waals surface area (Å²) in [5.74, 6) is -2.32. The van der Waals surface area contributed by atoms with Gasteiger partial charge in [0.05, 0.1) is 5.02 Å². The molecule has 29 heavy (non-hydrogen) atoms. The summed E-state index contributed by atoms with van der Waals surface area (Å²) >= 11 is 7.02. The van der Waals surface area contributed by atoms with Crippen molar-refractivity contribution in [3.05, 3.63) is 69.4 Å². The van der Waals surface area contributed by atoms with Crippen LogP contribution in [0.15, 0.2) is 58.3 Å². The Morgan fingerprint density at radius 2 is 1.83 bits per heavy atom. The molecule has 2 aromatic heterocycles. The topological polar surface area (TPSA) is 96.6 Å². The molecule has 0 spiro atoms. The molecule has 4 aromatic rings. The highest BCUT2D eigenvalue weighted by atomic mass is 35.5. The van der Waals surface area contributed by atoms with Crippen LogP contribution in [-0.2, 0) is 4.79 Å². The van der Waals surface area contributed by atoms with Crippen LogP contribution in [-0.4, -0.2) is 28.8 Å². The van der Waals surface area contributed by atoms with E-state index in [4.69, 9.17) is 16.0 Å². The fourth-order valence-corrected chi connectivity index (χ4v) is 4.13. The van der Waals surface area contributed by atoms with Gasteiger partial charge in [-0.15, -0.1) is 11.3 Å². The van der Waals surface area contributed by atoms with Crippen molar-refractivity contribution in [1.82, 2.24) is 5.32 Å². The molecule has 0 aliphatic heterocycles. The fourth-order valence-electron chi connectivity index (χ4n) is 3.08. The Morgan fingerprint density at radius 1 is 1.07 bits per heavy atom. The highest BCUT2D eigenvalue weighted by Gasteiger charge is 2.26. The lowest BCUT2D eigenvalue weighted by molar-refractivity contribution is -0.139. The summed E-state index contributed by atoms with van der Waals surface area (Å²) in [6, 6.07) is 12.6. The van der Waals surface area contributed by atoms with E-state index in [0.29, 0.717) is 16.7 Å². The largest absolute Gasteiger partial charge is 0.480 e. The smallest absolute Gasteiger partial charge is 0.326 e. The molecule has 8 heteroatoms. The molecule has 2 N–H and O–H groups in total. The number of para-hydroxylation sites is 1. The lowest BCUT2D eigenvalue weighted by Crippen LogP contribution is -2.42. The number of carboxylic acid groups (broad SMARTS) is 1. The molecule has 0 aliphatic rings. The first kappa shape index (κ1) is 19.2. The number of hydrogen-bond acceptors (Lipinski definition) is 5. The summed E-state index contributed by atoms with van der Waals surface area (Å²) in [5, 5.41) is 15.3. The number of Topliss-reactive ketones (excluding diaryl/α,β-unsaturated/α-hetero) is 1. The predicted octanol–water partition coefficient (Wildman–Crippen LogP) is 4.76. The van der Waals surface area contributed by atoms with Crippen LogP contribution in [0, 0.1) is 0 Å². The van der Waals surface area contributed by atoms with Gasteiger partial charge in [-0.25, -0.2) is 4.79 Å². The molecule has 2 heterocycles. The summed E-state index contributed by atoms with van der Waals surface area (Å²) in [7, 11) is 0. The number of carboxylic acids is 1. The quantitative estimate of drug-likeness (QED) is 0.432. The van der Waals surface area contributed by atoms with Crippen molar-refractivity contribution in [1.29, 1.82) is 0 Å². The van der Waals surface area contributed by atoms with Crippen molar-refractivity contribution >= 4 is 62.5 Å². The lowest BCUT2D eigenvalue weighted by atomic mass is 10.0. The minimum absolute atomic E-state index is 0.205. The second kappa shape index (κ2) is 7.69. The van der Waals surface area contributed by atoms with Crippen LogP contribution in [0.1, 0.15) is 26.5 Å². The van der Waals surface area contributed by atoms with Crippen LogP contribution in [0.5, 0.6) is 0 Å². The van der Waals surface area contributed by atoms with Crippen LogP contribution in [0.2, 0.25) is 5.02 Å². The van der Waals surface area contributed by atoms with Crippen LogP contribution in [0.3, 0.4) is 0 Å². The predicted molar refractivity (Wildman–Crippen MR) is 111 cm³/mol. The van der Waals surface area contributed by atoms with Crippen molar-refractivity contribution < 1.29 is 23.9 Å². The SMILES string of the molecule is O=C(CC(NC(=O)c1sccc1Cl)C(=O)O)c1ccc2oc3ccccc3c2c1. The Bertz CT molecular complexity index is 1260. The van der Waals surface area contributed by atoms with Crippen LogP contribution >= 0.6 is 22.9 Å². The van der Waals surface area contributed by atoms with Gasteiger partial charge in [-0.05, 0) is 35.7 Å². The first-order chi connectivity index (χ1) is 13.9. The number of aliphatic carboxylic acids is 1. The van der Waals surface area contributed by atoms with Gasteiger partial charge in [-0.3, -0.25) is 9.59 Å². The average Bonchev–Trinajstić information content (AvgIpc) is 3.30. The van der Waals surface area contributed by atoms with Crippen LogP contribution in [0.25, 0.3) is 21.9 Å². The van der Waals surface area contributed by atoms with E-state index in [1.807, 2.05) is 24.3 Å². The summed E-state index contributed by atoms with van der Waals surface area (Å²) in [6.45, 7) is 0. The second-order valence-electron chi connectivity index (χ2n) is 6.40. The average molecular weight is 428 g/mol. The minimum atomic E-state index is -1.37. The molecule has 1 unspecified atom stereocenters. The van der Waals surface area contributed by atoms with E-state index >= 15 is 0 Å². The molecule has 0 fully saturated rings. The van der Waals surface area contributed by atoms with Crippen molar-refractivity contribution in [2.24, 2.45) is 0 Å². The highest BCUT2D eigenvalue weighted by molar-refractivity contribution is 7.12. The van der Waals surface area contributed by atoms with Gasteiger partial charge < -0.3 is 14.8 Å². The van der Waals surface area contributed by atoms with Crippen molar-refractivity contribution in [2.45, 2.75) is 12.5 Å². The molecule has 0 saturated carbocycles. The monoisotopic (exact) mass is 427 g/mol. The Balaban J connectivity index is 1.57. The van der Waals surface area contributed by atoms with Gasteiger partial charge in [-0.1, -0.05) is 29.8 Å². The van der Waals surface area contributed by atoms with Crippen LogP contribution < -0.4 is 5.32 Å². The zero-order valence-electron chi connectivity index (χ0n) is 14.8. The summed E-state index contributed by atoms with van der Waals surface area (Å²) in [6.07, 6.45) is -0.384. The Hall–Kier alpha value is -3.16. The maximum atomic E-state index is 12.7. The molecule has 146 valence electrons. The number of ketones is 1. The van der Waals surface area contributed by atoms with Crippen LogP contribution in [0.4, 0.5) is 0 Å². The number of hydrogen-bond donors (Lipinski definition) is 2. The van der Waals surface area contributed by atoms with Crippen molar-refractivity contribution in [3.63, 3.8) is 0 Å². The van der Waals surface area contributed by atoms with E-state index in [-0.39, 0.29) is 16.3 Å². The number of fused-ring (bicyclic) bond motifs is 3. The normalized spacial score (nSPS) is 12.2. The Morgan fingerprint density at radius 3 is 2.55 bits per heavy atom. The Labute approximate surface area is 173 Å². The number of thiophene rings is 1. The van der Waals surface area contributed by atoms with Gasteiger partial charge >= 0.3 is 5.97 Å². The second-order valence-corrected chi connectivity index (χ2v) is 7.72. The van der Waals surface area contributed by atoms with E-state index in [9.17, 15) is 19.5 Å². The molecule has 0 aliphatic carbocycles. The van der Waals surface area contributed by atoms with E-state index in [1.54, 1.807) is 29.6 Å². The van der Waals surface area contributed by atoms with Crippen molar-refractivity contribution in [2.75, 3.05) is 0 Å². The molecule has 2 aromatic carbocycles. The molecule has 0 bridgehead atoms. The number of amides is 1. The fraction of sp³-hybridized carbons (Fsp3) is 0.0952. The van der Waals surface area contributed by atoms with Gasteiger partial charge in [0.15, 0.2) is 5.78 Å². The van der Waals surface area contributed by atoms with E-state index in [2.05, 4.69) is 5.32 Å². The third-order valence-electron chi connectivity index (χ3n) is 4.52. The third-order valence-corrected chi connectivity index (χ3v) is 5.86. The van der Waals surface area contributed by atoms with E-state index < -0.39 is 23.7 Å². The maximum Gasteiger partial charge on any atom is 0.326 e. The number of benzene rings is 2. The highest BCUT2D eigenvalue weighted by Crippen LogP contribution is 2.29. The standard InChI is InChI=1S/C21H14ClNO5S/c22-14-7-8-29-19(14)20(25)23-15(21(26)27)10-16(24)11-5-6-18-13(9-11)12-3-1-2-4-17(12)28-18/h1-9,15H,10H2,(H,23,25)(H,26,27). The maximum absolute atomic E-state index is 12.7. The molecule has 1 atom stereocenters. The van der Waals surface area contributed by atoms with E-state index in [1.165, 1.54) is 0 Å².